The standard InChI is InChI=1S/C15H21BrN2O2/c16-13-6-1-4-12(10-13)5-2-9-17-14(19)18-11-15(20)7-3-8-15/h1,4,6,10,20H,2-3,5,7-9,11H2,(H2,17,18,19). The average Bonchev–Trinajstić information content (AvgIpc) is 2.39. The number of carbonyl (C=O) groups is 1. The van der Waals surface area contributed by atoms with Gasteiger partial charge in [0.25, 0.3) is 0 Å². The van der Waals surface area contributed by atoms with Gasteiger partial charge in [0.05, 0.1) is 5.60 Å². The van der Waals surface area contributed by atoms with Crippen LogP contribution in [0.1, 0.15) is 31.2 Å². The fourth-order valence-electron chi connectivity index (χ4n) is 2.26. The van der Waals surface area contributed by atoms with E-state index in [2.05, 4.69) is 38.7 Å². The van der Waals surface area contributed by atoms with Gasteiger partial charge < -0.3 is 15.7 Å². The average molecular weight is 341 g/mol. The molecule has 0 aromatic heterocycles. The highest BCUT2D eigenvalue weighted by Crippen LogP contribution is 2.30. The molecule has 4 nitrogen and oxygen atoms in total. The number of benzene rings is 1. The molecule has 0 spiro atoms. The summed E-state index contributed by atoms with van der Waals surface area (Å²) in [6.07, 6.45) is 4.45. The summed E-state index contributed by atoms with van der Waals surface area (Å²) in [6, 6.07) is 7.99. The van der Waals surface area contributed by atoms with E-state index in [1.165, 1.54) is 5.56 Å². The minimum absolute atomic E-state index is 0.195. The number of halogens is 1. The Morgan fingerprint density at radius 1 is 1.35 bits per heavy atom. The van der Waals surface area contributed by atoms with Gasteiger partial charge in [0.1, 0.15) is 0 Å². The predicted octanol–water partition coefficient (Wildman–Crippen LogP) is 2.60. The summed E-state index contributed by atoms with van der Waals surface area (Å²) >= 11 is 3.44. The van der Waals surface area contributed by atoms with Crippen molar-refractivity contribution in [3.8, 4) is 0 Å². The molecule has 0 saturated heterocycles. The molecule has 2 rings (SSSR count). The van der Waals surface area contributed by atoms with Gasteiger partial charge in [-0.1, -0.05) is 28.1 Å². The number of urea groups is 1. The van der Waals surface area contributed by atoms with E-state index >= 15 is 0 Å². The first kappa shape index (κ1) is 15.3. The van der Waals surface area contributed by atoms with Gasteiger partial charge in [-0.3, -0.25) is 0 Å². The van der Waals surface area contributed by atoms with Crippen molar-refractivity contribution in [1.29, 1.82) is 0 Å². The summed E-state index contributed by atoms with van der Waals surface area (Å²) in [7, 11) is 0. The largest absolute Gasteiger partial charge is 0.388 e. The molecule has 0 heterocycles. The number of hydrogen-bond acceptors (Lipinski definition) is 2. The van der Waals surface area contributed by atoms with Gasteiger partial charge in [-0.25, -0.2) is 4.79 Å². The van der Waals surface area contributed by atoms with Crippen molar-refractivity contribution < 1.29 is 9.90 Å². The summed E-state index contributed by atoms with van der Waals surface area (Å²) in [6.45, 7) is 0.987. The maximum atomic E-state index is 11.6. The number of nitrogens with one attached hydrogen (secondary N) is 2. The molecule has 1 saturated carbocycles. The Balaban J connectivity index is 1.57. The Morgan fingerprint density at radius 3 is 2.80 bits per heavy atom. The maximum Gasteiger partial charge on any atom is 0.314 e. The summed E-state index contributed by atoms with van der Waals surface area (Å²) in [5, 5.41) is 15.4. The van der Waals surface area contributed by atoms with Crippen molar-refractivity contribution >= 4 is 22.0 Å². The van der Waals surface area contributed by atoms with Crippen molar-refractivity contribution in [2.24, 2.45) is 0 Å². The van der Waals surface area contributed by atoms with E-state index in [0.29, 0.717) is 13.1 Å². The molecule has 20 heavy (non-hydrogen) atoms. The number of amides is 2. The van der Waals surface area contributed by atoms with Gasteiger partial charge in [0.2, 0.25) is 0 Å². The van der Waals surface area contributed by atoms with Crippen molar-refractivity contribution in [2.45, 2.75) is 37.7 Å². The smallest absolute Gasteiger partial charge is 0.314 e. The van der Waals surface area contributed by atoms with E-state index in [-0.39, 0.29) is 6.03 Å². The lowest BCUT2D eigenvalue weighted by atomic mass is 9.80. The van der Waals surface area contributed by atoms with Crippen LogP contribution in [-0.4, -0.2) is 29.8 Å². The van der Waals surface area contributed by atoms with Crippen LogP contribution in [0, 0.1) is 0 Å². The molecule has 0 atom stereocenters. The zero-order valence-electron chi connectivity index (χ0n) is 11.5. The molecular formula is C15H21BrN2O2. The minimum Gasteiger partial charge on any atom is -0.388 e. The Hall–Kier alpha value is -1.07. The van der Waals surface area contributed by atoms with Gasteiger partial charge in [0, 0.05) is 17.6 Å². The number of aryl methyl sites for hydroxylation is 1. The highest BCUT2D eigenvalue weighted by Gasteiger charge is 2.34. The summed E-state index contributed by atoms with van der Waals surface area (Å²) in [5.41, 5.74) is 0.596. The lowest BCUT2D eigenvalue weighted by Crippen LogP contribution is -2.50. The zero-order chi connectivity index (χ0) is 14.4. The molecule has 1 aliphatic rings. The maximum absolute atomic E-state index is 11.6. The zero-order valence-corrected chi connectivity index (χ0v) is 13.1. The van der Waals surface area contributed by atoms with Gasteiger partial charge in [-0.15, -0.1) is 0 Å². The normalized spacial score (nSPS) is 16.3. The first-order valence-corrected chi connectivity index (χ1v) is 7.85. The quantitative estimate of drug-likeness (QED) is 0.697. The molecule has 2 amide bonds. The van der Waals surface area contributed by atoms with Gasteiger partial charge in [-0.2, -0.15) is 0 Å². The van der Waals surface area contributed by atoms with Gasteiger partial charge in [0.15, 0.2) is 0 Å². The molecule has 3 N–H and O–H groups in total. The first-order valence-electron chi connectivity index (χ1n) is 7.06. The van der Waals surface area contributed by atoms with Crippen LogP contribution in [0.4, 0.5) is 4.79 Å². The van der Waals surface area contributed by atoms with Crippen LogP contribution >= 0.6 is 15.9 Å². The van der Waals surface area contributed by atoms with E-state index in [4.69, 9.17) is 0 Å². The molecule has 0 unspecified atom stereocenters. The van der Waals surface area contributed by atoms with E-state index in [9.17, 15) is 9.90 Å². The van der Waals surface area contributed by atoms with Crippen molar-refractivity contribution in [3.63, 3.8) is 0 Å². The van der Waals surface area contributed by atoms with Crippen LogP contribution in [0.2, 0.25) is 0 Å². The Kier molecular flexibility index (Phi) is 5.43. The van der Waals surface area contributed by atoms with Crippen LogP contribution in [0.5, 0.6) is 0 Å². The second-order valence-electron chi connectivity index (χ2n) is 5.42. The molecule has 0 bridgehead atoms. The van der Waals surface area contributed by atoms with Gasteiger partial charge >= 0.3 is 6.03 Å². The summed E-state index contributed by atoms with van der Waals surface area (Å²) in [4.78, 5) is 11.6. The monoisotopic (exact) mass is 340 g/mol. The summed E-state index contributed by atoms with van der Waals surface area (Å²) in [5.74, 6) is 0. The van der Waals surface area contributed by atoms with Crippen LogP contribution in [-0.2, 0) is 6.42 Å². The third-order valence-corrected chi connectivity index (χ3v) is 4.17. The Morgan fingerprint density at radius 2 is 2.15 bits per heavy atom. The molecule has 1 aromatic rings. The molecular weight excluding hydrogens is 320 g/mol. The molecule has 1 fully saturated rings. The van der Waals surface area contributed by atoms with Crippen molar-refractivity contribution in [2.75, 3.05) is 13.1 Å². The Labute approximate surface area is 128 Å². The van der Waals surface area contributed by atoms with E-state index in [0.717, 1.165) is 36.6 Å². The molecule has 110 valence electrons. The highest BCUT2D eigenvalue weighted by atomic mass is 79.9. The molecule has 0 aliphatic heterocycles. The third-order valence-electron chi connectivity index (χ3n) is 3.68. The minimum atomic E-state index is -0.659. The van der Waals surface area contributed by atoms with Crippen LogP contribution in [0.15, 0.2) is 28.7 Å². The number of carbonyl (C=O) groups excluding carboxylic acids is 1. The van der Waals surface area contributed by atoms with Crippen LogP contribution in [0.3, 0.4) is 0 Å². The van der Waals surface area contributed by atoms with E-state index < -0.39 is 5.60 Å². The van der Waals surface area contributed by atoms with Crippen LogP contribution < -0.4 is 10.6 Å². The topological polar surface area (TPSA) is 61.4 Å². The fourth-order valence-corrected chi connectivity index (χ4v) is 2.70. The fraction of sp³-hybridized carbons (Fsp3) is 0.533. The lowest BCUT2D eigenvalue weighted by Gasteiger charge is -2.36. The highest BCUT2D eigenvalue weighted by molar-refractivity contribution is 9.10. The van der Waals surface area contributed by atoms with Gasteiger partial charge in [-0.05, 0) is 49.8 Å². The molecule has 1 aliphatic carbocycles. The van der Waals surface area contributed by atoms with Crippen LogP contribution in [0.25, 0.3) is 0 Å². The lowest BCUT2D eigenvalue weighted by molar-refractivity contribution is -0.0290. The van der Waals surface area contributed by atoms with E-state index in [1.54, 1.807) is 0 Å². The molecule has 0 radical (unpaired) electrons. The second kappa shape index (κ2) is 7.09. The predicted molar refractivity (Wildman–Crippen MR) is 82.7 cm³/mol. The molecule has 5 heteroatoms. The number of aliphatic hydroxyl groups is 1. The first-order chi connectivity index (χ1) is 9.57. The molecule has 1 aromatic carbocycles. The van der Waals surface area contributed by atoms with Crippen molar-refractivity contribution in [3.05, 3.63) is 34.3 Å². The van der Waals surface area contributed by atoms with E-state index in [1.807, 2.05) is 12.1 Å². The Bertz CT molecular complexity index is 461. The third kappa shape index (κ3) is 4.80. The second-order valence-corrected chi connectivity index (χ2v) is 6.34. The number of hydrogen-bond donors (Lipinski definition) is 3. The SMILES string of the molecule is O=C(NCCCc1cccc(Br)c1)NCC1(O)CCC1. The number of rotatable bonds is 6. The van der Waals surface area contributed by atoms with Crippen molar-refractivity contribution in [1.82, 2.24) is 10.6 Å². The summed E-state index contributed by atoms with van der Waals surface area (Å²) < 4.78 is 1.08.